The molecule has 0 aliphatic rings. The van der Waals surface area contributed by atoms with Crippen molar-refractivity contribution < 1.29 is 4.92 Å². The first-order valence-corrected chi connectivity index (χ1v) is 10.7. The summed E-state index contributed by atoms with van der Waals surface area (Å²) in [5, 5.41) is 16.7. The molecule has 34 heavy (non-hydrogen) atoms. The summed E-state index contributed by atoms with van der Waals surface area (Å²) >= 11 is 0. The van der Waals surface area contributed by atoms with Crippen molar-refractivity contribution in [1.82, 2.24) is 24.1 Å². The first kappa shape index (κ1) is 19.8. The fourth-order valence-electron chi connectivity index (χ4n) is 4.42. The Morgan fingerprint density at radius 2 is 1.50 bits per heavy atom. The zero-order valence-electron chi connectivity index (χ0n) is 18.2. The van der Waals surface area contributed by atoms with Crippen molar-refractivity contribution in [2.45, 2.75) is 0 Å². The first-order chi connectivity index (χ1) is 16.6. The average molecular weight is 446 g/mol. The van der Waals surface area contributed by atoms with Crippen molar-refractivity contribution in [3.05, 3.63) is 101 Å². The number of non-ortho nitro benzene ring substituents is 1. The molecule has 6 rings (SSSR count). The summed E-state index contributed by atoms with van der Waals surface area (Å²) in [5.74, 6) is 0.405. The Balaban J connectivity index is 1.69. The van der Waals surface area contributed by atoms with Gasteiger partial charge >= 0.3 is 0 Å². The van der Waals surface area contributed by atoms with Crippen LogP contribution in [0.3, 0.4) is 0 Å². The Labute approximate surface area is 193 Å². The van der Waals surface area contributed by atoms with Crippen LogP contribution < -0.4 is 0 Å². The number of rotatable bonds is 4. The normalized spacial score (nSPS) is 11.3. The van der Waals surface area contributed by atoms with Crippen LogP contribution in [0.25, 0.3) is 50.5 Å². The Kier molecular flexibility index (Phi) is 4.44. The molecule has 8 nitrogen and oxygen atoms in total. The third-order valence-electron chi connectivity index (χ3n) is 5.93. The molecule has 3 aromatic heterocycles. The molecule has 0 bridgehead atoms. The monoisotopic (exact) mass is 446 g/mol. The van der Waals surface area contributed by atoms with Gasteiger partial charge in [-0.3, -0.25) is 10.1 Å². The highest BCUT2D eigenvalue weighted by Crippen LogP contribution is 2.41. The van der Waals surface area contributed by atoms with Gasteiger partial charge in [0.1, 0.15) is 12.0 Å². The molecule has 0 aliphatic heterocycles. The van der Waals surface area contributed by atoms with E-state index in [0.29, 0.717) is 17.0 Å². The zero-order valence-corrected chi connectivity index (χ0v) is 18.2. The molecule has 0 radical (unpaired) electrons. The number of benzene rings is 3. The maximum absolute atomic E-state index is 11.3. The number of nitro groups is 1. The summed E-state index contributed by atoms with van der Waals surface area (Å²) < 4.78 is 3.71. The predicted molar refractivity (Wildman–Crippen MR) is 130 cm³/mol. The molecule has 0 saturated heterocycles. The molecule has 8 heteroatoms. The van der Waals surface area contributed by atoms with Crippen LogP contribution in [0.2, 0.25) is 0 Å². The van der Waals surface area contributed by atoms with Crippen LogP contribution in [0.4, 0.5) is 5.69 Å². The van der Waals surface area contributed by atoms with Crippen molar-refractivity contribution in [2.75, 3.05) is 0 Å². The molecule has 164 valence electrons. The molecular weight excluding hydrogens is 428 g/mol. The molecular formula is C26H18N6O2. The van der Waals surface area contributed by atoms with Gasteiger partial charge in [-0.05, 0) is 11.1 Å². The molecule has 0 amide bonds. The lowest BCUT2D eigenvalue weighted by Gasteiger charge is -2.08. The molecule has 0 N–H and O–H groups in total. The van der Waals surface area contributed by atoms with Gasteiger partial charge in [0.2, 0.25) is 0 Å². The molecule has 0 fully saturated rings. The van der Waals surface area contributed by atoms with Gasteiger partial charge in [-0.2, -0.15) is 0 Å². The highest BCUT2D eigenvalue weighted by atomic mass is 16.6. The fourth-order valence-corrected chi connectivity index (χ4v) is 4.42. The SMILES string of the molecule is Cn1c(-c2ccccc2)c(-c2ccccc2)c2c1ncn1nc(-c3cccc([N+](=O)[O-])c3)nc21. The molecule has 0 unspecified atom stereocenters. The third kappa shape index (κ3) is 3.04. The first-order valence-electron chi connectivity index (χ1n) is 10.7. The van der Waals surface area contributed by atoms with E-state index < -0.39 is 4.92 Å². The van der Waals surface area contributed by atoms with Crippen LogP contribution in [0, 0.1) is 10.1 Å². The lowest BCUT2D eigenvalue weighted by atomic mass is 9.99. The van der Waals surface area contributed by atoms with E-state index >= 15 is 0 Å². The maximum atomic E-state index is 11.3. The van der Waals surface area contributed by atoms with Gasteiger partial charge in [0, 0.05) is 30.3 Å². The molecule has 0 saturated carbocycles. The van der Waals surface area contributed by atoms with E-state index in [-0.39, 0.29) is 5.69 Å². The van der Waals surface area contributed by atoms with Crippen LogP contribution in [0.5, 0.6) is 0 Å². The second kappa shape index (κ2) is 7.63. The topological polar surface area (TPSA) is 91.2 Å². The summed E-state index contributed by atoms with van der Waals surface area (Å²) in [5.41, 5.74) is 6.15. The van der Waals surface area contributed by atoms with Crippen LogP contribution in [0.1, 0.15) is 0 Å². The number of fused-ring (bicyclic) bond motifs is 3. The number of nitro benzene ring substituents is 1. The minimum absolute atomic E-state index is 0.00400. The summed E-state index contributed by atoms with van der Waals surface area (Å²) in [6.45, 7) is 0. The van der Waals surface area contributed by atoms with Gasteiger partial charge < -0.3 is 4.57 Å². The zero-order chi connectivity index (χ0) is 23.2. The lowest BCUT2D eigenvalue weighted by Crippen LogP contribution is -1.95. The van der Waals surface area contributed by atoms with Crippen molar-refractivity contribution in [1.29, 1.82) is 0 Å². The van der Waals surface area contributed by atoms with E-state index in [0.717, 1.165) is 33.4 Å². The fraction of sp³-hybridized carbons (Fsp3) is 0.0385. The van der Waals surface area contributed by atoms with E-state index in [9.17, 15) is 10.1 Å². The summed E-state index contributed by atoms with van der Waals surface area (Å²) in [7, 11) is 2.00. The van der Waals surface area contributed by atoms with E-state index in [1.807, 2.05) is 43.4 Å². The Hall–Kier alpha value is -4.85. The number of aromatic nitrogens is 5. The number of nitrogens with zero attached hydrogens (tertiary/aromatic N) is 6. The van der Waals surface area contributed by atoms with Crippen LogP contribution in [-0.2, 0) is 7.05 Å². The number of hydrogen-bond donors (Lipinski definition) is 0. The highest BCUT2D eigenvalue weighted by molar-refractivity contribution is 6.09. The van der Waals surface area contributed by atoms with Gasteiger partial charge in [0.05, 0.1) is 16.0 Å². The van der Waals surface area contributed by atoms with Gasteiger partial charge in [-0.25, -0.2) is 14.5 Å². The molecule has 0 atom stereocenters. The predicted octanol–water partition coefficient (Wildman–Crippen LogP) is 5.53. The molecule has 3 aromatic carbocycles. The van der Waals surface area contributed by atoms with E-state index in [4.69, 9.17) is 9.97 Å². The van der Waals surface area contributed by atoms with E-state index in [2.05, 4.69) is 33.9 Å². The standard InChI is InChI=1S/C26H18N6O2/c1-30-23(18-11-6-3-7-12-18)21(17-9-4-2-5-10-17)22-25(30)27-16-31-26(22)28-24(29-31)19-13-8-14-20(15-19)32(33)34/h2-16H,1H3. The second-order valence-electron chi connectivity index (χ2n) is 7.97. The van der Waals surface area contributed by atoms with Crippen molar-refractivity contribution in [3.8, 4) is 33.8 Å². The van der Waals surface area contributed by atoms with Crippen molar-refractivity contribution in [2.24, 2.45) is 7.05 Å². The van der Waals surface area contributed by atoms with Crippen molar-refractivity contribution in [3.63, 3.8) is 0 Å². The third-order valence-corrected chi connectivity index (χ3v) is 5.93. The van der Waals surface area contributed by atoms with Crippen LogP contribution in [-0.4, -0.2) is 29.1 Å². The summed E-state index contributed by atoms with van der Waals surface area (Å²) in [6, 6.07) is 26.7. The van der Waals surface area contributed by atoms with Gasteiger partial charge in [-0.15, -0.1) is 5.10 Å². The second-order valence-corrected chi connectivity index (χ2v) is 7.97. The van der Waals surface area contributed by atoms with Crippen molar-refractivity contribution >= 4 is 22.4 Å². The molecule has 0 aliphatic carbocycles. The van der Waals surface area contributed by atoms with E-state index in [1.165, 1.54) is 12.1 Å². The Morgan fingerprint density at radius 1 is 0.824 bits per heavy atom. The smallest absolute Gasteiger partial charge is 0.270 e. The minimum Gasteiger partial charge on any atom is -0.328 e. The van der Waals surface area contributed by atoms with Gasteiger partial charge in [0.15, 0.2) is 11.5 Å². The highest BCUT2D eigenvalue weighted by Gasteiger charge is 2.23. The van der Waals surface area contributed by atoms with Gasteiger partial charge in [-0.1, -0.05) is 72.8 Å². The summed E-state index contributed by atoms with van der Waals surface area (Å²) in [6.07, 6.45) is 1.63. The average Bonchev–Trinajstić information content (AvgIpc) is 3.44. The van der Waals surface area contributed by atoms with Crippen LogP contribution in [0.15, 0.2) is 91.3 Å². The lowest BCUT2D eigenvalue weighted by molar-refractivity contribution is -0.384. The Morgan fingerprint density at radius 3 is 2.21 bits per heavy atom. The quantitative estimate of drug-likeness (QED) is 0.262. The number of aryl methyl sites for hydroxylation is 1. The minimum atomic E-state index is -0.421. The molecule has 0 spiro atoms. The maximum Gasteiger partial charge on any atom is 0.270 e. The Bertz CT molecular complexity index is 1690. The largest absolute Gasteiger partial charge is 0.328 e. The van der Waals surface area contributed by atoms with E-state index in [1.54, 1.807) is 23.0 Å². The van der Waals surface area contributed by atoms with Gasteiger partial charge in [0.25, 0.3) is 5.69 Å². The number of hydrogen-bond acceptors (Lipinski definition) is 5. The molecule has 3 heterocycles. The van der Waals surface area contributed by atoms with Crippen LogP contribution >= 0.6 is 0 Å². The molecule has 6 aromatic rings. The summed E-state index contributed by atoms with van der Waals surface area (Å²) in [4.78, 5) is 20.4.